The highest BCUT2D eigenvalue weighted by Gasteiger charge is 2.20. The fourth-order valence-electron chi connectivity index (χ4n) is 2.15. The number of benzene rings is 1. The van der Waals surface area contributed by atoms with Crippen LogP contribution in [0.25, 0.3) is 0 Å². The lowest BCUT2D eigenvalue weighted by molar-refractivity contribution is -0.882. The van der Waals surface area contributed by atoms with Gasteiger partial charge in [0.15, 0.2) is 6.54 Å². The normalized spacial score (nSPS) is 10.4. The summed E-state index contributed by atoms with van der Waals surface area (Å²) in [7, 11) is 5.48. The number of nitrogens with two attached hydrogens (primary N) is 1. The number of rotatable bonds is 9. The minimum absolute atomic E-state index is 0. The van der Waals surface area contributed by atoms with Crippen LogP contribution in [0.4, 0.5) is 11.4 Å². The number of carbonyl (C=O) groups is 2. The molecule has 8 heteroatoms. The van der Waals surface area contributed by atoms with E-state index < -0.39 is 0 Å². The Labute approximate surface area is 143 Å². The third kappa shape index (κ3) is 7.71. The molecule has 7 nitrogen and oxygen atoms in total. The van der Waals surface area contributed by atoms with Crippen molar-refractivity contribution in [2.45, 2.75) is 6.42 Å². The fraction of sp³-hybridized carbons (Fsp3) is 0.467. The van der Waals surface area contributed by atoms with Crippen molar-refractivity contribution in [1.82, 2.24) is 5.32 Å². The van der Waals surface area contributed by atoms with E-state index in [1.807, 2.05) is 14.1 Å². The van der Waals surface area contributed by atoms with Crippen molar-refractivity contribution in [3.8, 4) is 5.75 Å². The van der Waals surface area contributed by atoms with Gasteiger partial charge in [0.05, 0.1) is 33.4 Å². The Morgan fingerprint density at radius 2 is 2.09 bits per heavy atom. The average Bonchev–Trinajstić information content (AvgIpc) is 2.43. The molecular formula is C15H25ClN4O3. The lowest BCUT2D eigenvalue weighted by Crippen LogP contribution is -3.00. The summed E-state index contributed by atoms with van der Waals surface area (Å²) < 4.78 is 5.73. The molecule has 23 heavy (non-hydrogen) atoms. The number of amides is 2. The van der Waals surface area contributed by atoms with Crippen LogP contribution < -0.4 is 33.5 Å². The Kier molecular flexibility index (Phi) is 9.05. The molecule has 0 aliphatic carbocycles. The van der Waals surface area contributed by atoms with Crippen LogP contribution in [-0.2, 0) is 9.59 Å². The van der Waals surface area contributed by atoms with Gasteiger partial charge in [-0.1, -0.05) is 0 Å². The summed E-state index contributed by atoms with van der Waals surface area (Å²) in [5, 5.41) is 5.44. The molecule has 0 fully saturated rings. The van der Waals surface area contributed by atoms with Gasteiger partial charge >= 0.3 is 0 Å². The molecule has 0 saturated heterocycles. The van der Waals surface area contributed by atoms with Gasteiger partial charge in [0, 0.05) is 18.7 Å². The quantitative estimate of drug-likeness (QED) is 0.199. The molecule has 0 aliphatic rings. The molecule has 0 bridgehead atoms. The molecule has 130 valence electrons. The van der Waals surface area contributed by atoms with Gasteiger partial charge in [-0.05, 0) is 18.2 Å². The van der Waals surface area contributed by atoms with E-state index in [1.165, 1.54) is 0 Å². The number of ether oxygens (including phenoxy) is 1. The van der Waals surface area contributed by atoms with E-state index in [4.69, 9.17) is 10.5 Å². The van der Waals surface area contributed by atoms with Crippen molar-refractivity contribution < 1.29 is 31.2 Å². The maximum absolute atomic E-state index is 12.2. The molecule has 0 unspecified atom stereocenters. The maximum Gasteiger partial charge on any atom is 0.279 e. The minimum Gasteiger partial charge on any atom is -1.00 e. The summed E-state index contributed by atoms with van der Waals surface area (Å²) in [6.45, 7) is 1.71. The zero-order valence-corrected chi connectivity index (χ0v) is 14.5. The Bertz CT molecular complexity index is 523. The first-order valence-corrected chi connectivity index (χ1v) is 7.10. The van der Waals surface area contributed by atoms with Crippen molar-refractivity contribution in [3.05, 3.63) is 18.2 Å². The second-order valence-corrected chi connectivity index (χ2v) is 5.75. The van der Waals surface area contributed by atoms with Gasteiger partial charge in [0.2, 0.25) is 6.41 Å². The van der Waals surface area contributed by atoms with Gasteiger partial charge in [-0.2, -0.15) is 0 Å². The first-order chi connectivity index (χ1) is 10.4. The summed E-state index contributed by atoms with van der Waals surface area (Å²) in [5.74, 6) is 0.459. The van der Waals surface area contributed by atoms with Crippen molar-refractivity contribution >= 4 is 23.7 Å². The number of nitrogens with one attached hydrogen (secondary N) is 2. The molecule has 0 spiro atoms. The van der Waals surface area contributed by atoms with Crippen molar-refractivity contribution in [2.24, 2.45) is 0 Å². The van der Waals surface area contributed by atoms with E-state index in [0.717, 1.165) is 13.0 Å². The Hall–Kier alpha value is -1.99. The highest BCUT2D eigenvalue weighted by molar-refractivity contribution is 5.93. The van der Waals surface area contributed by atoms with Crippen LogP contribution in [0, 0.1) is 0 Å². The number of hydrogen-bond acceptors (Lipinski definition) is 4. The smallest absolute Gasteiger partial charge is 0.279 e. The van der Waals surface area contributed by atoms with E-state index in [-0.39, 0.29) is 18.3 Å². The Morgan fingerprint density at radius 3 is 2.70 bits per heavy atom. The standard InChI is InChI=1S/C15H24N4O3.ClH/c1-19(2,8-4-7-17-11-20)10-15(21)18-13-9-12(16)5-6-14(13)22-3;/h5-6,9,11H,4,7-8,10,16H2,1-3H3,(H-,17,18,20,21);1H. The summed E-state index contributed by atoms with van der Waals surface area (Å²) in [6.07, 6.45) is 1.49. The van der Waals surface area contributed by atoms with E-state index in [1.54, 1.807) is 25.3 Å². The lowest BCUT2D eigenvalue weighted by atomic mass is 10.2. The number of nitrogen functional groups attached to an aromatic ring is 1. The molecule has 0 radical (unpaired) electrons. The topological polar surface area (TPSA) is 93.4 Å². The molecule has 1 aromatic rings. The molecule has 2 amide bonds. The molecule has 0 atom stereocenters. The molecular weight excluding hydrogens is 320 g/mol. The second-order valence-electron chi connectivity index (χ2n) is 5.75. The number of methoxy groups -OCH3 is 1. The summed E-state index contributed by atoms with van der Waals surface area (Å²) >= 11 is 0. The van der Waals surface area contributed by atoms with Crippen LogP contribution in [0.2, 0.25) is 0 Å². The van der Waals surface area contributed by atoms with E-state index in [2.05, 4.69) is 10.6 Å². The fourth-order valence-corrected chi connectivity index (χ4v) is 2.15. The maximum atomic E-state index is 12.2. The van der Waals surface area contributed by atoms with Crippen LogP contribution >= 0.6 is 0 Å². The van der Waals surface area contributed by atoms with E-state index in [0.29, 0.717) is 41.1 Å². The summed E-state index contributed by atoms with van der Waals surface area (Å²) in [5.41, 5.74) is 6.86. The summed E-state index contributed by atoms with van der Waals surface area (Å²) in [6, 6.07) is 5.11. The molecule has 4 N–H and O–H groups in total. The number of carbonyl (C=O) groups excluding carboxylic acids is 2. The highest BCUT2D eigenvalue weighted by Crippen LogP contribution is 2.26. The molecule has 0 aromatic heterocycles. The number of anilines is 2. The van der Waals surface area contributed by atoms with Gasteiger partial charge in [-0.3, -0.25) is 9.59 Å². The van der Waals surface area contributed by atoms with E-state index >= 15 is 0 Å². The van der Waals surface area contributed by atoms with Crippen molar-refractivity contribution in [3.63, 3.8) is 0 Å². The number of hydrogen-bond donors (Lipinski definition) is 3. The monoisotopic (exact) mass is 344 g/mol. The number of quaternary nitrogens is 1. The first kappa shape index (κ1) is 21.0. The van der Waals surface area contributed by atoms with Crippen LogP contribution in [-0.4, -0.2) is 57.6 Å². The van der Waals surface area contributed by atoms with Crippen LogP contribution in [0.1, 0.15) is 6.42 Å². The van der Waals surface area contributed by atoms with Crippen molar-refractivity contribution in [1.29, 1.82) is 0 Å². The van der Waals surface area contributed by atoms with Gasteiger partial charge in [-0.25, -0.2) is 0 Å². The SMILES string of the molecule is COc1ccc(N)cc1NC(=O)C[N+](C)(C)CCCNC=O.[Cl-]. The minimum atomic E-state index is -0.114. The predicted octanol–water partition coefficient (Wildman–Crippen LogP) is -2.57. The van der Waals surface area contributed by atoms with Gasteiger partial charge < -0.3 is 38.0 Å². The first-order valence-electron chi connectivity index (χ1n) is 7.10. The van der Waals surface area contributed by atoms with Gasteiger partial charge in [0.25, 0.3) is 5.91 Å². The number of nitrogens with zero attached hydrogens (tertiary/aromatic N) is 1. The summed E-state index contributed by atoms with van der Waals surface area (Å²) in [4.78, 5) is 22.4. The third-order valence-electron chi connectivity index (χ3n) is 3.24. The largest absolute Gasteiger partial charge is 1.00 e. The predicted molar refractivity (Wildman–Crippen MR) is 86.6 cm³/mol. The zero-order chi connectivity index (χ0) is 16.6. The molecule has 0 aliphatic heterocycles. The molecule has 1 rings (SSSR count). The molecule has 0 saturated carbocycles. The molecule has 0 heterocycles. The van der Waals surface area contributed by atoms with Crippen LogP contribution in [0.3, 0.4) is 0 Å². The average molecular weight is 345 g/mol. The Balaban J connectivity index is 0.00000484. The van der Waals surface area contributed by atoms with Crippen LogP contribution in [0.15, 0.2) is 18.2 Å². The molecule has 1 aromatic carbocycles. The zero-order valence-electron chi connectivity index (χ0n) is 13.8. The van der Waals surface area contributed by atoms with E-state index in [9.17, 15) is 9.59 Å². The Morgan fingerprint density at radius 1 is 1.39 bits per heavy atom. The van der Waals surface area contributed by atoms with Crippen molar-refractivity contribution in [2.75, 3.05) is 51.9 Å². The highest BCUT2D eigenvalue weighted by atomic mass is 35.5. The number of halogens is 1. The van der Waals surface area contributed by atoms with Gasteiger partial charge in [-0.15, -0.1) is 0 Å². The third-order valence-corrected chi connectivity index (χ3v) is 3.24. The van der Waals surface area contributed by atoms with Gasteiger partial charge in [0.1, 0.15) is 5.75 Å². The van der Waals surface area contributed by atoms with Crippen LogP contribution in [0.5, 0.6) is 5.75 Å². The lowest BCUT2D eigenvalue weighted by Gasteiger charge is -2.29. The second kappa shape index (κ2) is 9.91. The number of likely N-dealkylation sites (N-methyl/N-ethyl adjacent to an activating group) is 1.